The van der Waals surface area contributed by atoms with E-state index < -0.39 is 5.54 Å². The van der Waals surface area contributed by atoms with Crippen LogP contribution in [-0.4, -0.2) is 40.5 Å². The van der Waals surface area contributed by atoms with Crippen molar-refractivity contribution in [1.29, 1.82) is 0 Å². The molecule has 0 atom stereocenters. The van der Waals surface area contributed by atoms with Crippen molar-refractivity contribution in [3.63, 3.8) is 0 Å². The molecule has 5 nitrogen and oxygen atoms in total. The molecule has 25 heavy (non-hydrogen) atoms. The largest absolute Gasteiger partial charge is 0.352 e. The molecule has 3 N–H and O–H groups in total. The summed E-state index contributed by atoms with van der Waals surface area (Å²) in [5.41, 5.74) is 6.72. The molecule has 3 rings (SSSR count). The molecule has 2 fully saturated rings. The van der Waals surface area contributed by atoms with Gasteiger partial charge in [0, 0.05) is 31.9 Å². The van der Waals surface area contributed by atoms with Gasteiger partial charge in [0.05, 0.1) is 11.2 Å². The molecule has 1 aromatic heterocycles. The lowest BCUT2D eigenvalue weighted by Gasteiger charge is -2.34. The fraction of sp³-hybridized carbons (Fsp3) is 0.647. The van der Waals surface area contributed by atoms with E-state index in [1.807, 2.05) is 18.3 Å². The van der Waals surface area contributed by atoms with Gasteiger partial charge in [-0.2, -0.15) is 0 Å². The first-order valence-corrected chi connectivity index (χ1v) is 8.38. The van der Waals surface area contributed by atoms with Crippen molar-refractivity contribution in [3.8, 4) is 0 Å². The lowest BCUT2D eigenvalue weighted by atomic mass is 9.96. The number of carbonyl (C=O) groups is 1. The number of rotatable bonds is 4. The zero-order valence-electron chi connectivity index (χ0n) is 14.4. The first kappa shape index (κ1) is 24.4. The van der Waals surface area contributed by atoms with Gasteiger partial charge in [-0.25, -0.2) is 0 Å². The number of aromatic nitrogens is 1. The molecular weight excluding hydrogens is 383 g/mol. The van der Waals surface area contributed by atoms with E-state index in [1.165, 1.54) is 0 Å². The molecule has 0 aromatic carbocycles. The highest BCUT2D eigenvalue weighted by Gasteiger charge is 2.38. The molecule has 0 bridgehead atoms. The van der Waals surface area contributed by atoms with Gasteiger partial charge >= 0.3 is 0 Å². The molecule has 1 aliphatic carbocycles. The molecule has 0 spiro atoms. The zero-order chi connectivity index (χ0) is 15.4. The maximum Gasteiger partial charge on any atom is 0.240 e. The highest BCUT2D eigenvalue weighted by Crippen LogP contribution is 2.27. The van der Waals surface area contributed by atoms with Gasteiger partial charge < -0.3 is 11.1 Å². The van der Waals surface area contributed by atoms with E-state index in [0.29, 0.717) is 0 Å². The van der Waals surface area contributed by atoms with E-state index >= 15 is 0 Å². The van der Waals surface area contributed by atoms with Crippen molar-refractivity contribution in [2.45, 2.75) is 56.7 Å². The van der Waals surface area contributed by atoms with Crippen LogP contribution in [0.15, 0.2) is 24.4 Å². The second-order valence-electron chi connectivity index (χ2n) is 6.71. The third-order valence-corrected chi connectivity index (χ3v) is 4.98. The second kappa shape index (κ2) is 11.2. The SMILES string of the molecule is Cl.Cl.Cl.NC1(C(=O)NC2CCN(Cc3ccccn3)CC2)CCCC1. The topological polar surface area (TPSA) is 71.2 Å². The van der Waals surface area contributed by atoms with E-state index in [4.69, 9.17) is 5.73 Å². The standard InChI is InChI=1S/C17H26N4O.3ClH/c18-17(8-2-3-9-17)16(22)20-14-6-11-21(12-7-14)13-15-5-1-4-10-19-15;;;/h1,4-5,10,14H,2-3,6-9,11-13,18H2,(H,20,22);3*1H. The molecular formula is C17H29Cl3N4O. The van der Waals surface area contributed by atoms with Crippen molar-refractivity contribution < 1.29 is 4.79 Å². The van der Waals surface area contributed by atoms with Crippen LogP contribution in [0, 0.1) is 0 Å². The van der Waals surface area contributed by atoms with Crippen LogP contribution in [0.4, 0.5) is 0 Å². The van der Waals surface area contributed by atoms with Crippen LogP contribution < -0.4 is 11.1 Å². The Morgan fingerprint density at radius 3 is 2.40 bits per heavy atom. The molecule has 0 radical (unpaired) electrons. The Bertz CT molecular complexity index is 504. The number of hydrogen-bond acceptors (Lipinski definition) is 4. The Balaban J connectivity index is 0.00000192. The van der Waals surface area contributed by atoms with Gasteiger partial charge in [0.25, 0.3) is 0 Å². The molecule has 1 amide bonds. The maximum atomic E-state index is 12.3. The van der Waals surface area contributed by atoms with Crippen molar-refractivity contribution in [3.05, 3.63) is 30.1 Å². The fourth-order valence-electron chi connectivity index (χ4n) is 3.52. The predicted molar refractivity (Wildman–Crippen MR) is 108 cm³/mol. The summed E-state index contributed by atoms with van der Waals surface area (Å²) >= 11 is 0. The normalized spacial score (nSPS) is 19.9. The van der Waals surface area contributed by atoms with Crippen molar-refractivity contribution in [2.24, 2.45) is 5.73 Å². The Hall–Kier alpha value is -0.590. The Morgan fingerprint density at radius 1 is 1.20 bits per heavy atom. The van der Waals surface area contributed by atoms with Crippen molar-refractivity contribution in [2.75, 3.05) is 13.1 Å². The number of amides is 1. The molecule has 8 heteroatoms. The molecule has 2 heterocycles. The highest BCUT2D eigenvalue weighted by molar-refractivity contribution is 5.86. The molecule has 2 aliphatic rings. The van der Waals surface area contributed by atoms with Gasteiger partial charge in [0.1, 0.15) is 0 Å². The van der Waals surface area contributed by atoms with Gasteiger partial charge in [-0.15, -0.1) is 37.2 Å². The summed E-state index contributed by atoms with van der Waals surface area (Å²) in [6.07, 6.45) is 7.64. The van der Waals surface area contributed by atoms with Crippen LogP contribution >= 0.6 is 37.2 Å². The molecule has 1 saturated heterocycles. The smallest absolute Gasteiger partial charge is 0.240 e. The maximum absolute atomic E-state index is 12.3. The zero-order valence-corrected chi connectivity index (χ0v) is 16.8. The summed E-state index contributed by atoms with van der Waals surface area (Å²) in [7, 11) is 0. The minimum absolute atomic E-state index is 0. The van der Waals surface area contributed by atoms with E-state index in [2.05, 4.69) is 21.3 Å². The minimum atomic E-state index is -0.606. The van der Waals surface area contributed by atoms with E-state index in [1.54, 1.807) is 0 Å². The third kappa shape index (κ3) is 6.57. The Labute approximate surface area is 168 Å². The van der Waals surface area contributed by atoms with Gasteiger partial charge in [-0.1, -0.05) is 18.9 Å². The number of nitrogens with one attached hydrogen (secondary N) is 1. The van der Waals surface area contributed by atoms with Gasteiger partial charge in [-0.05, 0) is 37.8 Å². The summed E-state index contributed by atoms with van der Waals surface area (Å²) in [6.45, 7) is 2.89. The van der Waals surface area contributed by atoms with Gasteiger partial charge in [-0.3, -0.25) is 14.7 Å². The third-order valence-electron chi connectivity index (χ3n) is 4.98. The van der Waals surface area contributed by atoms with E-state index in [9.17, 15) is 4.79 Å². The van der Waals surface area contributed by atoms with Crippen LogP contribution in [-0.2, 0) is 11.3 Å². The Kier molecular flexibility index (Phi) is 10.9. The van der Waals surface area contributed by atoms with Crippen LogP contribution in [0.1, 0.15) is 44.2 Å². The number of hydrogen-bond donors (Lipinski definition) is 2. The molecule has 1 aliphatic heterocycles. The molecule has 0 unspecified atom stereocenters. The average molecular weight is 412 g/mol. The minimum Gasteiger partial charge on any atom is -0.352 e. The second-order valence-corrected chi connectivity index (χ2v) is 6.71. The van der Waals surface area contributed by atoms with Crippen molar-refractivity contribution in [1.82, 2.24) is 15.2 Å². The fourth-order valence-corrected chi connectivity index (χ4v) is 3.52. The van der Waals surface area contributed by atoms with E-state index in [0.717, 1.165) is 63.9 Å². The van der Waals surface area contributed by atoms with Gasteiger partial charge in [0.15, 0.2) is 0 Å². The number of nitrogens with two attached hydrogens (primary N) is 1. The quantitative estimate of drug-likeness (QED) is 0.799. The number of halogens is 3. The summed E-state index contributed by atoms with van der Waals surface area (Å²) in [4.78, 5) is 19.1. The highest BCUT2D eigenvalue weighted by atomic mass is 35.5. The summed E-state index contributed by atoms with van der Waals surface area (Å²) < 4.78 is 0. The van der Waals surface area contributed by atoms with E-state index in [-0.39, 0.29) is 49.2 Å². The van der Waals surface area contributed by atoms with Gasteiger partial charge in [0.2, 0.25) is 5.91 Å². The predicted octanol–water partition coefficient (Wildman–Crippen LogP) is 2.70. The van der Waals surface area contributed by atoms with Crippen molar-refractivity contribution >= 4 is 43.1 Å². The average Bonchev–Trinajstić information content (AvgIpc) is 2.98. The molecule has 1 aromatic rings. The monoisotopic (exact) mass is 410 g/mol. The summed E-state index contributed by atoms with van der Waals surface area (Å²) in [6, 6.07) is 6.30. The number of nitrogens with zero attached hydrogens (tertiary/aromatic N) is 2. The van der Waals surface area contributed by atoms with Crippen LogP contribution in [0.5, 0.6) is 0 Å². The lowest BCUT2D eigenvalue weighted by molar-refractivity contribution is -0.127. The van der Waals surface area contributed by atoms with Crippen LogP contribution in [0.3, 0.4) is 0 Å². The summed E-state index contributed by atoms with van der Waals surface area (Å²) in [5.74, 6) is 0.0631. The van der Waals surface area contributed by atoms with Crippen LogP contribution in [0.2, 0.25) is 0 Å². The first-order chi connectivity index (χ1) is 10.7. The number of pyridine rings is 1. The number of carbonyl (C=O) groups excluding carboxylic acids is 1. The molecule has 1 saturated carbocycles. The Morgan fingerprint density at radius 2 is 1.84 bits per heavy atom. The lowest BCUT2D eigenvalue weighted by Crippen LogP contribution is -2.56. The first-order valence-electron chi connectivity index (χ1n) is 8.38. The number of piperidine rings is 1. The van der Waals surface area contributed by atoms with Crippen LogP contribution in [0.25, 0.3) is 0 Å². The summed E-state index contributed by atoms with van der Waals surface area (Å²) in [5, 5.41) is 3.18. The molecule has 144 valence electrons. The number of likely N-dealkylation sites (tertiary alicyclic amines) is 1.